The molecule has 0 saturated carbocycles. The molecule has 6 nitrogen and oxygen atoms in total. The number of rotatable bonds is 10. The minimum Gasteiger partial charge on any atom is -0.399 e. The summed E-state index contributed by atoms with van der Waals surface area (Å²) in [7, 11) is 1.66. The Kier molecular flexibility index (Phi) is 8.42. The molecule has 0 spiro atoms. The second-order valence-electron chi connectivity index (χ2n) is 4.63. The molecule has 0 aromatic heterocycles. The normalized spacial score (nSPS) is 10.6. The molecular weight excluding hydrogens is 272 g/mol. The number of nitrogens with two attached hydrogens (primary N) is 1. The van der Waals surface area contributed by atoms with Crippen LogP contribution in [0.5, 0.6) is 0 Å². The summed E-state index contributed by atoms with van der Waals surface area (Å²) in [6.07, 6.45) is 0.855. The molecule has 0 aliphatic rings. The highest BCUT2D eigenvalue weighted by Crippen LogP contribution is 2.17. The Morgan fingerprint density at radius 2 is 1.95 bits per heavy atom. The summed E-state index contributed by atoms with van der Waals surface area (Å²) in [5, 5.41) is 2.78. The van der Waals surface area contributed by atoms with Gasteiger partial charge in [0.1, 0.15) is 6.61 Å². The van der Waals surface area contributed by atoms with Crippen molar-refractivity contribution in [3.8, 4) is 0 Å². The number of carbonyl (C=O) groups is 1. The van der Waals surface area contributed by atoms with E-state index in [1.54, 1.807) is 19.2 Å². The quantitative estimate of drug-likeness (QED) is 0.506. The van der Waals surface area contributed by atoms with Gasteiger partial charge in [-0.15, -0.1) is 0 Å². The van der Waals surface area contributed by atoms with Gasteiger partial charge < -0.3 is 25.3 Å². The first-order valence-corrected chi connectivity index (χ1v) is 6.94. The van der Waals surface area contributed by atoms with E-state index in [-0.39, 0.29) is 12.5 Å². The number of hydrogen-bond donors (Lipinski definition) is 2. The van der Waals surface area contributed by atoms with Gasteiger partial charge in [-0.05, 0) is 37.1 Å². The maximum Gasteiger partial charge on any atom is 0.250 e. The number of nitrogen functional groups attached to an aromatic ring is 1. The summed E-state index contributed by atoms with van der Waals surface area (Å²) in [6.45, 7) is 4.07. The number of amides is 1. The van der Waals surface area contributed by atoms with E-state index in [1.807, 2.05) is 13.0 Å². The number of benzene rings is 1. The summed E-state index contributed by atoms with van der Waals surface area (Å²) in [6, 6.07) is 5.34. The number of methoxy groups -OCH3 is 1. The van der Waals surface area contributed by atoms with E-state index in [4.69, 9.17) is 19.9 Å². The Morgan fingerprint density at radius 1 is 1.19 bits per heavy atom. The van der Waals surface area contributed by atoms with Crippen LogP contribution in [0.2, 0.25) is 0 Å². The molecule has 1 rings (SSSR count). The molecular formula is C15H24N2O4. The van der Waals surface area contributed by atoms with Gasteiger partial charge in [-0.2, -0.15) is 0 Å². The monoisotopic (exact) mass is 296 g/mol. The molecule has 118 valence electrons. The molecule has 21 heavy (non-hydrogen) atoms. The molecule has 0 radical (unpaired) electrons. The fraction of sp³-hybridized carbons (Fsp3) is 0.533. The van der Waals surface area contributed by atoms with Crippen molar-refractivity contribution in [2.24, 2.45) is 0 Å². The van der Waals surface area contributed by atoms with Gasteiger partial charge in [0.15, 0.2) is 0 Å². The number of nitrogens with one attached hydrogen (secondary N) is 1. The predicted octanol–water partition coefficient (Wildman–Crippen LogP) is 1.59. The molecule has 1 aromatic rings. The van der Waals surface area contributed by atoms with Crippen LogP contribution in [0.4, 0.5) is 11.4 Å². The van der Waals surface area contributed by atoms with Crippen LogP contribution < -0.4 is 11.1 Å². The molecule has 0 unspecified atom stereocenters. The van der Waals surface area contributed by atoms with Crippen molar-refractivity contribution >= 4 is 17.3 Å². The van der Waals surface area contributed by atoms with Gasteiger partial charge in [-0.1, -0.05) is 0 Å². The lowest BCUT2D eigenvalue weighted by molar-refractivity contribution is -0.121. The van der Waals surface area contributed by atoms with E-state index in [0.29, 0.717) is 32.1 Å². The Bertz CT molecular complexity index is 438. The van der Waals surface area contributed by atoms with E-state index < -0.39 is 0 Å². The SMILES string of the molecule is COCCCOCCOCC(=O)Nc1ccc(N)cc1C. The average molecular weight is 296 g/mol. The van der Waals surface area contributed by atoms with Gasteiger partial charge >= 0.3 is 0 Å². The highest BCUT2D eigenvalue weighted by Gasteiger charge is 2.05. The van der Waals surface area contributed by atoms with Crippen LogP contribution in [0.15, 0.2) is 18.2 Å². The second-order valence-corrected chi connectivity index (χ2v) is 4.63. The fourth-order valence-corrected chi connectivity index (χ4v) is 1.70. The summed E-state index contributed by atoms with van der Waals surface area (Å²) >= 11 is 0. The summed E-state index contributed by atoms with van der Waals surface area (Å²) in [5.41, 5.74) is 7.99. The molecule has 0 aliphatic carbocycles. The van der Waals surface area contributed by atoms with Gasteiger partial charge in [0.25, 0.3) is 0 Å². The molecule has 0 aliphatic heterocycles. The van der Waals surface area contributed by atoms with Gasteiger partial charge in [-0.25, -0.2) is 0 Å². The van der Waals surface area contributed by atoms with Crippen LogP contribution in [-0.2, 0) is 19.0 Å². The molecule has 0 saturated heterocycles. The zero-order chi connectivity index (χ0) is 15.5. The molecule has 1 aromatic carbocycles. The predicted molar refractivity (Wildman–Crippen MR) is 82.4 cm³/mol. The zero-order valence-corrected chi connectivity index (χ0v) is 12.7. The van der Waals surface area contributed by atoms with Gasteiger partial charge in [0.05, 0.1) is 13.2 Å². The molecule has 1 amide bonds. The van der Waals surface area contributed by atoms with Crippen molar-refractivity contribution in [2.75, 3.05) is 51.2 Å². The van der Waals surface area contributed by atoms with E-state index in [1.165, 1.54) is 0 Å². The number of ether oxygens (including phenoxy) is 3. The third-order valence-electron chi connectivity index (χ3n) is 2.77. The van der Waals surface area contributed by atoms with Crippen molar-refractivity contribution in [3.05, 3.63) is 23.8 Å². The van der Waals surface area contributed by atoms with Crippen molar-refractivity contribution < 1.29 is 19.0 Å². The number of aryl methyl sites for hydroxylation is 1. The first-order chi connectivity index (χ1) is 10.1. The maximum atomic E-state index is 11.7. The fourth-order valence-electron chi connectivity index (χ4n) is 1.70. The number of hydrogen-bond acceptors (Lipinski definition) is 5. The van der Waals surface area contributed by atoms with Crippen LogP contribution in [0.1, 0.15) is 12.0 Å². The first kappa shape index (κ1) is 17.4. The smallest absolute Gasteiger partial charge is 0.250 e. The van der Waals surface area contributed by atoms with Crippen LogP contribution in [0, 0.1) is 6.92 Å². The summed E-state index contributed by atoms with van der Waals surface area (Å²) in [4.78, 5) is 11.7. The average Bonchev–Trinajstić information content (AvgIpc) is 2.45. The van der Waals surface area contributed by atoms with E-state index in [0.717, 1.165) is 17.7 Å². The topological polar surface area (TPSA) is 82.8 Å². The maximum absolute atomic E-state index is 11.7. The van der Waals surface area contributed by atoms with Crippen molar-refractivity contribution in [3.63, 3.8) is 0 Å². The van der Waals surface area contributed by atoms with Crippen molar-refractivity contribution in [2.45, 2.75) is 13.3 Å². The Hall–Kier alpha value is -1.63. The molecule has 0 bridgehead atoms. The van der Waals surface area contributed by atoms with E-state index in [2.05, 4.69) is 5.32 Å². The number of carbonyl (C=O) groups excluding carboxylic acids is 1. The summed E-state index contributed by atoms with van der Waals surface area (Å²) in [5.74, 6) is -0.192. The molecule has 0 heterocycles. The van der Waals surface area contributed by atoms with E-state index >= 15 is 0 Å². The third-order valence-corrected chi connectivity index (χ3v) is 2.77. The lowest BCUT2D eigenvalue weighted by Crippen LogP contribution is -2.20. The van der Waals surface area contributed by atoms with Gasteiger partial charge in [0, 0.05) is 31.7 Å². The lowest BCUT2D eigenvalue weighted by atomic mass is 10.2. The van der Waals surface area contributed by atoms with Crippen LogP contribution in [0.25, 0.3) is 0 Å². The Balaban J connectivity index is 2.11. The minimum absolute atomic E-state index is 0.00521. The second kappa shape index (κ2) is 10.1. The highest BCUT2D eigenvalue weighted by molar-refractivity contribution is 5.92. The minimum atomic E-state index is -0.192. The largest absolute Gasteiger partial charge is 0.399 e. The lowest BCUT2D eigenvalue weighted by Gasteiger charge is -2.09. The molecule has 3 N–H and O–H groups in total. The highest BCUT2D eigenvalue weighted by atomic mass is 16.5. The molecule has 0 fully saturated rings. The van der Waals surface area contributed by atoms with E-state index in [9.17, 15) is 4.79 Å². The Labute approximate surface area is 125 Å². The molecule has 0 atom stereocenters. The van der Waals surface area contributed by atoms with Gasteiger partial charge in [0.2, 0.25) is 5.91 Å². The van der Waals surface area contributed by atoms with Crippen molar-refractivity contribution in [1.82, 2.24) is 0 Å². The standard InChI is InChI=1S/C15H24N2O4/c1-12-10-13(16)4-5-14(12)17-15(18)11-21-9-8-20-7-3-6-19-2/h4-5,10H,3,6-9,11,16H2,1-2H3,(H,17,18). The van der Waals surface area contributed by atoms with Crippen LogP contribution >= 0.6 is 0 Å². The third kappa shape index (κ3) is 7.65. The first-order valence-electron chi connectivity index (χ1n) is 6.94. The van der Waals surface area contributed by atoms with Crippen LogP contribution in [0.3, 0.4) is 0 Å². The zero-order valence-electron chi connectivity index (χ0n) is 12.7. The molecule has 6 heteroatoms. The summed E-state index contributed by atoms with van der Waals surface area (Å²) < 4.78 is 15.5. The van der Waals surface area contributed by atoms with Gasteiger partial charge in [-0.3, -0.25) is 4.79 Å². The van der Waals surface area contributed by atoms with Crippen molar-refractivity contribution in [1.29, 1.82) is 0 Å². The number of anilines is 2. The van der Waals surface area contributed by atoms with Crippen LogP contribution in [-0.4, -0.2) is 46.1 Å². The Morgan fingerprint density at radius 3 is 2.67 bits per heavy atom.